The molecule has 0 saturated carbocycles. The third-order valence-corrected chi connectivity index (χ3v) is 4.34. The molecule has 1 heterocycles. The van der Waals surface area contributed by atoms with Crippen LogP contribution in [0.2, 0.25) is 0 Å². The molecule has 1 atom stereocenters. The zero-order valence-electron chi connectivity index (χ0n) is 11.9. The molecule has 0 spiro atoms. The number of alkyl halides is 2. The van der Waals surface area contributed by atoms with Crippen molar-refractivity contribution in [3.05, 3.63) is 42.5 Å². The molecule has 1 N–H and O–H groups in total. The van der Waals surface area contributed by atoms with E-state index in [2.05, 4.69) is 5.32 Å². The van der Waals surface area contributed by atoms with Crippen LogP contribution in [-0.4, -0.2) is 24.8 Å². The van der Waals surface area contributed by atoms with Gasteiger partial charge in [0.1, 0.15) is 13.2 Å². The molecule has 0 fully saturated rings. The van der Waals surface area contributed by atoms with Gasteiger partial charge in [0.15, 0.2) is 11.5 Å². The van der Waals surface area contributed by atoms with Crippen molar-refractivity contribution in [2.75, 3.05) is 18.5 Å². The zero-order chi connectivity index (χ0) is 16.2. The molecule has 1 aliphatic heterocycles. The molecule has 120 valence electrons. The maximum absolute atomic E-state index is 13.0. The van der Waals surface area contributed by atoms with Crippen molar-refractivity contribution in [3.63, 3.8) is 0 Å². The van der Waals surface area contributed by atoms with Crippen LogP contribution in [0.1, 0.15) is 0 Å². The summed E-state index contributed by atoms with van der Waals surface area (Å²) in [6, 6.07) is 13.0. The number of hydrogen-bond donors (Lipinski definition) is 1. The molecule has 23 heavy (non-hydrogen) atoms. The Labute approximate surface area is 141 Å². The average molecular weight is 354 g/mol. The Bertz CT molecular complexity index is 712. The van der Waals surface area contributed by atoms with Crippen molar-refractivity contribution < 1.29 is 18.7 Å². The molecule has 1 amide bonds. The first-order valence-electron chi connectivity index (χ1n) is 6.89. The summed E-state index contributed by atoms with van der Waals surface area (Å²) in [7, 11) is 0. The van der Waals surface area contributed by atoms with Gasteiger partial charge in [-0.15, -0.1) is 0 Å². The molecule has 2 aromatic rings. The quantitative estimate of drug-likeness (QED) is 0.841. The van der Waals surface area contributed by atoms with Gasteiger partial charge in [-0.25, -0.2) is 4.39 Å². The number of carbonyl (C=O) groups excluding carboxylic acids is 1. The largest absolute Gasteiger partial charge is 0.486 e. The Kier molecular flexibility index (Phi) is 4.93. The van der Waals surface area contributed by atoms with Gasteiger partial charge in [-0.3, -0.25) is 4.79 Å². The molecular weight excluding hydrogens is 341 g/mol. The fourth-order valence-electron chi connectivity index (χ4n) is 2.06. The molecule has 3 rings (SSSR count). The molecule has 0 bridgehead atoms. The fraction of sp³-hybridized carbons (Fsp3) is 0.188. The smallest absolute Gasteiger partial charge is 0.274 e. The summed E-state index contributed by atoms with van der Waals surface area (Å²) in [6.45, 7) is 0.884. The first-order chi connectivity index (χ1) is 11.1. The number of halogens is 2. The molecule has 7 heteroatoms. The van der Waals surface area contributed by atoms with Gasteiger partial charge in [0.05, 0.1) is 5.69 Å². The fourth-order valence-corrected chi connectivity index (χ4v) is 3.04. The minimum atomic E-state index is -2.11. The third-order valence-electron chi connectivity index (χ3n) is 3.07. The number of amides is 1. The van der Waals surface area contributed by atoms with Crippen LogP contribution in [0, 0.1) is 0 Å². The molecule has 4 nitrogen and oxygen atoms in total. The Balaban J connectivity index is 1.95. The monoisotopic (exact) mass is 353 g/mol. The van der Waals surface area contributed by atoms with E-state index in [1.54, 1.807) is 12.1 Å². The van der Waals surface area contributed by atoms with Crippen LogP contribution in [0.5, 0.6) is 11.5 Å². The maximum atomic E-state index is 13.0. The molecule has 0 aliphatic carbocycles. The highest BCUT2D eigenvalue weighted by molar-refractivity contribution is 7.99. The lowest BCUT2D eigenvalue weighted by molar-refractivity contribution is -0.118. The lowest BCUT2D eigenvalue weighted by Gasteiger charge is -2.21. The summed E-state index contributed by atoms with van der Waals surface area (Å²) in [5, 5.41) is 2.48. The lowest BCUT2D eigenvalue weighted by Crippen LogP contribution is -2.20. The minimum Gasteiger partial charge on any atom is -0.486 e. The highest BCUT2D eigenvalue weighted by Gasteiger charge is 2.20. The van der Waals surface area contributed by atoms with Crippen molar-refractivity contribution >= 4 is 35.0 Å². The van der Waals surface area contributed by atoms with E-state index in [-0.39, 0.29) is 0 Å². The van der Waals surface area contributed by atoms with Gasteiger partial charge in [-0.1, -0.05) is 41.6 Å². The van der Waals surface area contributed by atoms with E-state index in [0.29, 0.717) is 35.3 Å². The molecule has 1 unspecified atom stereocenters. The van der Waals surface area contributed by atoms with Crippen molar-refractivity contribution in [1.82, 2.24) is 0 Å². The number of hydrogen-bond acceptors (Lipinski definition) is 4. The minimum absolute atomic E-state index is 0.423. The molecular formula is C16H13ClFNO3S. The van der Waals surface area contributed by atoms with Crippen molar-refractivity contribution in [2.45, 2.75) is 15.4 Å². The van der Waals surface area contributed by atoms with Gasteiger partial charge in [0.2, 0.25) is 0 Å². The highest BCUT2D eigenvalue weighted by atomic mass is 35.5. The van der Waals surface area contributed by atoms with E-state index in [4.69, 9.17) is 21.1 Å². The second-order valence-corrected chi connectivity index (χ2v) is 6.20. The number of benzene rings is 2. The van der Waals surface area contributed by atoms with Crippen molar-refractivity contribution in [1.29, 1.82) is 0 Å². The summed E-state index contributed by atoms with van der Waals surface area (Å²) in [5.41, 5.74) is -1.69. The Hall–Kier alpha value is -1.92. The molecule has 0 radical (unpaired) electrons. The van der Waals surface area contributed by atoms with Crippen LogP contribution in [0.3, 0.4) is 0 Å². The normalized spacial score (nSPS) is 14.2. The van der Waals surface area contributed by atoms with E-state index >= 15 is 0 Å². The van der Waals surface area contributed by atoms with Crippen LogP contribution in [0.25, 0.3) is 0 Å². The summed E-state index contributed by atoms with van der Waals surface area (Å²) < 4.78 is 24.0. The number of ether oxygens (including phenoxy) is 2. The zero-order valence-corrected chi connectivity index (χ0v) is 13.5. The van der Waals surface area contributed by atoms with Crippen molar-refractivity contribution in [3.8, 4) is 11.5 Å². The second-order valence-electron chi connectivity index (χ2n) is 4.70. The predicted octanol–water partition coefficient (Wildman–Crippen LogP) is 4.08. The highest BCUT2D eigenvalue weighted by Crippen LogP contribution is 2.42. The Morgan fingerprint density at radius 2 is 1.83 bits per heavy atom. The van der Waals surface area contributed by atoms with Gasteiger partial charge >= 0.3 is 0 Å². The van der Waals surface area contributed by atoms with Gasteiger partial charge in [0, 0.05) is 21.9 Å². The van der Waals surface area contributed by atoms with Crippen LogP contribution in [-0.2, 0) is 4.79 Å². The van der Waals surface area contributed by atoms with Crippen LogP contribution in [0.15, 0.2) is 52.3 Å². The second kappa shape index (κ2) is 7.10. The van der Waals surface area contributed by atoms with Gasteiger partial charge < -0.3 is 14.8 Å². The first kappa shape index (κ1) is 16.0. The van der Waals surface area contributed by atoms with Gasteiger partial charge in [-0.05, 0) is 12.1 Å². The van der Waals surface area contributed by atoms with Crippen molar-refractivity contribution in [2.24, 2.45) is 0 Å². The van der Waals surface area contributed by atoms with Crippen LogP contribution >= 0.6 is 23.4 Å². The van der Waals surface area contributed by atoms with E-state index in [0.717, 1.165) is 4.90 Å². The Morgan fingerprint density at radius 1 is 1.17 bits per heavy atom. The third kappa shape index (κ3) is 3.89. The Morgan fingerprint density at radius 3 is 2.48 bits per heavy atom. The van der Waals surface area contributed by atoms with Gasteiger partial charge in [0.25, 0.3) is 11.5 Å². The topological polar surface area (TPSA) is 47.6 Å². The summed E-state index contributed by atoms with van der Waals surface area (Å²) in [5.74, 6) is 0.183. The number of carbonyl (C=O) groups is 1. The standard InChI is InChI=1S/C16H13ClFNO3S/c17-15(18)16(20)19-11-8-12-13(22-7-6-21-12)9-14(11)23-10-4-2-1-3-5-10/h1-5,8-9,15H,6-7H2,(H,19,20). The SMILES string of the molecule is O=C(Nc1cc2c(cc1Sc1ccccc1)OCCO2)C(F)Cl. The van der Waals surface area contributed by atoms with E-state index < -0.39 is 11.5 Å². The number of nitrogens with one attached hydrogen (secondary N) is 1. The summed E-state index contributed by atoms with van der Waals surface area (Å²) in [6.07, 6.45) is 0. The number of rotatable bonds is 4. The van der Waals surface area contributed by atoms with E-state index in [1.165, 1.54) is 11.8 Å². The molecule has 1 aliphatic rings. The van der Waals surface area contributed by atoms with Gasteiger partial charge in [-0.2, -0.15) is 0 Å². The first-order valence-corrected chi connectivity index (χ1v) is 8.14. The lowest BCUT2D eigenvalue weighted by atomic mass is 10.2. The average Bonchev–Trinajstić information content (AvgIpc) is 2.56. The predicted molar refractivity (Wildman–Crippen MR) is 87.4 cm³/mol. The number of anilines is 1. The van der Waals surface area contributed by atoms with Crippen LogP contribution < -0.4 is 14.8 Å². The molecule has 0 saturated heterocycles. The number of fused-ring (bicyclic) bond motifs is 1. The molecule has 2 aromatic carbocycles. The summed E-state index contributed by atoms with van der Waals surface area (Å²) in [4.78, 5) is 13.3. The van der Waals surface area contributed by atoms with Crippen LogP contribution in [0.4, 0.5) is 10.1 Å². The maximum Gasteiger partial charge on any atom is 0.274 e. The van der Waals surface area contributed by atoms with E-state index in [1.807, 2.05) is 30.3 Å². The summed E-state index contributed by atoms with van der Waals surface area (Å²) >= 11 is 6.62. The van der Waals surface area contributed by atoms with E-state index in [9.17, 15) is 9.18 Å². The molecule has 0 aromatic heterocycles.